The molecule has 0 bridgehead atoms. The third-order valence-electron chi connectivity index (χ3n) is 12.2. The van der Waals surface area contributed by atoms with E-state index in [1.807, 2.05) is 0 Å². The lowest BCUT2D eigenvalue weighted by Crippen LogP contribution is -2.10. The van der Waals surface area contributed by atoms with E-state index < -0.39 is 0 Å². The third-order valence-corrected chi connectivity index (χ3v) is 12.2. The Hall–Kier alpha value is -7.94. The second-order valence-electron chi connectivity index (χ2n) is 15.6. The molecule has 0 saturated carbocycles. The van der Waals surface area contributed by atoms with E-state index in [0.29, 0.717) is 0 Å². The van der Waals surface area contributed by atoms with Gasteiger partial charge in [-0.3, -0.25) is 0 Å². The summed E-state index contributed by atoms with van der Waals surface area (Å²) in [7, 11) is 0. The average Bonchev–Trinajstić information content (AvgIpc) is 3.72. The molecule has 12 rings (SSSR count). The number of hydrogen-bond donors (Lipinski definition) is 0. The second kappa shape index (κ2) is 13.9. The van der Waals surface area contributed by atoms with Gasteiger partial charge >= 0.3 is 0 Å². The Kier molecular flexibility index (Phi) is 7.89. The summed E-state index contributed by atoms with van der Waals surface area (Å²) in [4.78, 5) is 2.41. The fourth-order valence-corrected chi connectivity index (χ4v) is 9.56. The fourth-order valence-electron chi connectivity index (χ4n) is 9.56. The van der Waals surface area contributed by atoms with Crippen molar-refractivity contribution >= 4 is 82.1 Å². The highest BCUT2D eigenvalue weighted by atomic mass is 16.3. The molecule has 60 heavy (non-hydrogen) atoms. The molecule has 280 valence electrons. The van der Waals surface area contributed by atoms with E-state index in [1.54, 1.807) is 0 Å². The summed E-state index contributed by atoms with van der Waals surface area (Å²) in [5.74, 6) is 0. The van der Waals surface area contributed by atoms with Crippen LogP contribution < -0.4 is 4.90 Å². The molecule has 0 aliphatic heterocycles. The first kappa shape index (κ1) is 34.1. The normalized spacial score (nSPS) is 11.7. The molecule has 0 unspecified atom stereocenters. The Labute approximate surface area is 347 Å². The number of anilines is 3. The quantitative estimate of drug-likeness (QED) is 0.157. The summed E-state index contributed by atoms with van der Waals surface area (Å²) in [6.07, 6.45) is 0. The summed E-state index contributed by atoms with van der Waals surface area (Å²) in [5, 5.41) is 11.9. The van der Waals surface area contributed by atoms with Gasteiger partial charge in [-0.1, -0.05) is 182 Å². The Balaban J connectivity index is 1.12. The van der Waals surface area contributed by atoms with E-state index >= 15 is 0 Å². The molecule has 0 N–H and O–H groups in total. The summed E-state index contributed by atoms with van der Waals surface area (Å²) in [6, 6.07) is 81.2. The minimum absolute atomic E-state index is 0.860. The van der Waals surface area contributed by atoms with Crippen molar-refractivity contribution < 1.29 is 4.42 Å². The van der Waals surface area contributed by atoms with E-state index in [-0.39, 0.29) is 0 Å². The van der Waals surface area contributed by atoms with Crippen LogP contribution in [-0.4, -0.2) is 0 Å². The molecule has 11 aromatic carbocycles. The highest BCUT2D eigenvalue weighted by Crippen LogP contribution is 2.48. The number of rotatable bonds is 6. The predicted octanol–water partition coefficient (Wildman–Crippen LogP) is 16.7. The zero-order valence-corrected chi connectivity index (χ0v) is 32.7. The Morgan fingerprint density at radius 2 is 0.883 bits per heavy atom. The number of furan rings is 1. The summed E-state index contributed by atoms with van der Waals surface area (Å²) in [5.41, 5.74) is 12.2. The lowest BCUT2D eigenvalue weighted by molar-refractivity contribution is 0.672. The van der Waals surface area contributed by atoms with Crippen LogP contribution in [0.15, 0.2) is 229 Å². The standard InChI is InChI=1S/C58H37NO/c1-2-17-41(18-3-1)55-50-26-10-8-24-48(50)49-25-9-11-27-51(49)56(55)42-20-12-21-44(37-42)59(43-34-31-40(32-35-43)46-28-13-19-38-15-4-6-22-45(38)46)53-29-14-30-54-57(53)52-36-33-39-16-5-7-23-47(39)58(52)60-54/h1-37H. The highest BCUT2D eigenvalue weighted by molar-refractivity contribution is 6.22. The van der Waals surface area contributed by atoms with Gasteiger partial charge in [0.05, 0.1) is 11.1 Å². The van der Waals surface area contributed by atoms with Gasteiger partial charge in [0.1, 0.15) is 11.2 Å². The van der Waals surface area contributed by atoms with Gasteiger partial charge in [-0.05, 0) is 114 Å². The Bertz CT molecular complexity index is 3590. The molecule has 0 amide bonds. The molecule has 1 heterocycles. The largest absolute Gasteiger partial charge is 0.455 e. The molecular formula is C58H37NO. The first-order valence-electron chi connectivity index (χ1n) is 20.6. The number of benzene rings is 11. The molecule has 0 radical (unpaired) electrons. The van der Waals surface area contributed by atoms with Crippen LogP contribution in [0.2, 0.25) is 0 Å². The number of fused-ring (bicyclic) bond motifs is 9. The maximum Gasteiger partial charge on any atom is 0.143 e. The van der Waals surface area contributed by atoms with Crippen molar-refractivity contribution in [1.29, 1.82) is 0 Å². The molecule has 12 aromatic rings. The lowest BCUT2D eigenvalue weighted by atomic mass is 9.85. The van der Waals surface area contributed by atoms with Crippen molar-refractivity contribution in [3.8, 4) is 33.4 Å². The lowest BCUT2D eigenvalue weighted by Gasteiger charge is -2.27. The smallest absolute Gasteiger partial charge is 0.143 e. The molecule has 0 aliphatic rings. The molecule has 0 fully saturated rings. The van der Waals surface area contributed by atoms with Crippen LogP contribution in [0.25, 0.3) is 98.4 Å². The summed E-state index contributed by atoms with van der Waals surface area (Å²) < 4.78 is 6.77. The van der Waals surface area contributed by atoms with Crippen molar-refractivity contribution in [2.24, 2.45) is 0 Å². The van der Waals surface area contributed by atoms with Gasteiger partial charge in [-0.25, -0.2) is 0 Å². The minimum Gasteiger partial charge on any atom is -0.455 e. The number of hydrogen-bond acceptors (Lipinski definition) is 2. The number of nitrogens with zero attached hydrogens (tertiary/aromatic N) is 1. The topological polar surface area (TPSA) is 16.4 Å². The molecule has 0 spiro atoms. The van der Waals surface area contributed by atoms with Crippen molar-refractivity contribution in [3.63, 3.8) is 0 Å². The van der Waals surface area contributed by atoms with Crippen LogP contribution in [-0.2, 0) is 0 Å². The van der Waals surface area contributed by atoms with Crippen molar-refractivity contribution in [2.45, 2.75) is 0 Å². The minimum atomic E-state index is 0.860. The van der Waals surface area contributed by atoms with Gasteiger partial charge in [-0.2, -0.15) is 0 Å². The van der Waals surface area contributed by atoms with Gasteiger partial charge in [0.25, 0.3) is 0 Å². The fraction of sp³-hybridized carbons (Fsp3) is 0. The second-order valence-corrected chi connectivity index (χ2v) is 15.6. The van der Waals surface area contributed by atoms with Crippen LogP contribution in [0.4, 0.5) is 17.1 Å². The van der Waals surface area contributed by atoms with Gasteiger partial charge < -0.3 is 9.32 Å². The van der Waals surface area contributed by atoms with Crippen LogP contribution in [0.3, 0.4) is 0 Å². The van der Waals surface area contributed by atoms with E-state index in [9.17, 15) is 0 Å². The van der Waals surface area contributed by atoms with Crippen LogP contribution in [0.5, 0.6) is 0 Å². The summed E-state index contributed by atoms with van der Waals surface area (Å²) in [6.45, 7) is 0. The maximum atomic E-state index is 6.77. The van der Waals surface area contributed by atoms with E-state index in [0.717, 1.165) is 55.3 Å². The van der Waals surface area contributed by atoms with Gasteiger partial charge in [-0.15, -0.1) is 0 Å². The average molecular weight is 764 g/mol. The van der Waals surface area contributed by atoms with Crippen molar-refractivity contribution in [3.05, 3.63) is 224 Å². The summed E-state index contributed by atoms with van der Waals surface area (Å²) >= 11 is 0. The van der Waals surface area contributed by atoms with E-state index in [1.165, 1.54) is 60.1 Å². The van der Waals surface area contributed by atoms with Crippen molar-refractivity contribution in [1.82, 2.24) is 0 Å². The van der Waals surface area contributed by atoms with Gasteiger partial charge in [0.2, 0.25) is 0 Å². The maximum absolute atomic E-state index is 6.77. The van der Waals surface area contributed by atoms with Crippen LogP contribution in [0, 0.1) is 0 Å². The van der Waals surface area contributed by atoms with Crippen LogP contribution >= 0.6 is 0 Å². The van der Waals surface area contributed by atoms with Crippen LogP contribution in [0.1, 0.15) is 0 Å². The molecule has 2 nitrogen and oxygen atoms in total. The predicted molar refractivity (Wildman–Crippen MR) is 255 cm³/mol. The third kappa shape index (κ3) is 5.42. The van der Waals surface area contributed by atoms with Gasteiger partial charge in [0, 0.05) is 22.1 Å². The zero-order chi connectivity index (χ0) is 39.6. The molecular weight excluding hydrogens is 727 g/mol. The first-order valence-corrected chi connectivity index (χ1v) is 20.6. The monoisotopic (exact) mass is 763 g/mol. The molecule has 0 saturated heterocycles. The SMILES string of the molecule is c1ccc(-c2c(-c3cccc(N(c4ccc(-c5cccc6ccccc56)cc4)c4cccc5oc6c7ccccc7ccc6c45)c3)c3ccccc3c3ccccc23)cc1. The highest BCUT2D eigenvalue weighted by Gasteiger charge is 2.23. The molecule has 1 aromatic heterocycles. The first-order chi connectivity index (χ1) is 29.8. The molecule has 0 aliphatic carbocycles. The zero-order valence-electron chi connectivity index (χ0n) is 32.7. The van der Waals surface area contributed by atoms with Gasteiger partial charge in [0.15, 0.2) is 0 Å². The van der Waals surface area contributed by atoms with E-state index in [2.05, 4.69) is 229 Å². The molecule has 2 heteroatoms. The van der Waals surface area contributed by atoms with E-state index in [4.69, 9.17) is 4.42 Å². The molecule has 0 atom stereocenters. The Morgan fingerprint density at radius 3 is 1.63 bits per heavy atom. The Morgan fingerprint density at radius 1 is 0.317 bits per heavy atom. The van der Waals surface area contributed by atoms with Crippen molar-refractivity contribution in [2.75, 3.05) is 4.90 Å².